The summed E-state index contributed by atoms with van der Waals surface area (Å²) >= 11 is 0. The molecule has 0 aliphatic heterocycles. The fourth-order valence-corrected chi connectivity index (χ4v) is 0.695. The lowest BCUT2D eigenvalue weighted by Gasteiger charge is -2.01. The topological polar surface area (TPSA) is 17.1 Å². The van der Waals surface area contributed by atoms with E-state index in [0.29, 0.717) is 0 Å². The molecule has 10 heavy (non-hydrogen) atoms. The molecule has 0 fully saturated rings. The summed E-state index contributed by atoms with van der Waals surface area (Å²) in [5, 5.41) is 0. The largest absolute Gasteiger partial charge is 0.295 e. The van der Waals surface area contributed by atoms with E-state index in [2.05, 4.69) is 6.58 Å². The van der Waals surface area contributed by atoms with Gasteiger partial charge in [0.1, 0.15) is 0 Å². The molecule has 1 heteroatoms. The van der Waals surface area contributed by atoms with Gasteiger partial charge in [-0.3, -0.25) is 4.79 Å². The van der Waals surface area contributed by atoms with Crippen LogP contribution < -0.4 is 0 Å². The molecule has 0 rings (SSSR count). The van der Waals surface area contributed by atoms with Crippen LogP contribution in [0.4, 0.5) is 0 Å². The summed E-state index contributed by atoms with van der Waals surface area (Å²) in [6.07, 6.45) is 5.91. The molecule has 1 atom stereocenters. The van der Waals surface area contributed by atoms with Crippen LogP contribution in [0.3, 0.4) is 0 Å². The zero-order chi connectivity index (χ0) is 7.98. The van der Waals surface area contributed by atoms with Gasteiger partial charge in [-0.05, 0) is 19.4 Å². The molecular formula is C9H14O. The van der Waals surface area contributed by atoms with Crippen molar-refractivity contribution in [3.8, 4) is 0 Å². The number of hydrogen-bond donors (Lipinski definition) is 0. The van der Waals surface area contributed by atoms with E-state index in [1.165, 1.54) is 0 Å². The highest BCUT2D eigenvalue weighted by Crippen LogP contribution is 2.03. The van der Waals surface area contributed by atoms with Gasteiger partial charge in [0.15, 0.2) is 5.78 Å². The molecule has 0 radical (unpaired) electrons. The van der Waals surface area contributed by atoms with Crippen molar-refractivity contribution >= 4 is 5.78 Å². The van der Waals surface area contributed by atoms with Crippen LogP contribution in [0.2, 0.25) is 0 Å². The van der Waals surface area contributed by atoms with Gasteiger partial charge < -0.3 is 0 Å². The second kappa shape index (κ2) is 4.98. The molecule has 0 amide bonds. The molecule has 56 valence electrons. The van der Waals surface area contributed by atoms with Gasteiger partial charge in [0, 0.05) is 5.92 Å². The van der Waals surface area contributed by atoms with Crippen LogP contribution in [-0.2, 0) is 4.79 Å². The maximum atomic E-state index is 11.0. The van der Waals surface area contributed by atoms with E-state index in [1.807, 2.05) is 13.8 Å². The predicted molar refractivity (Wildman–Crippen MR) is 43.8 cm³/mol. The summed E-state index contributed by atoms with van der Waals surface area (Å²) in [6, 6.07) is 0. The highest BCUT2D eigenvalue weighted by atomic mass is 16.1. The molecule has 0 heterocycles. The monoisotopic (exact) mass is 138 g/mol. The summed E-state index contributed by atoms with van der Waals surface area (Å²) in [6.45, 7) is 7.32. The average Bonchev–Trinajstić information content (AvgIpc) is 1.89. The summed E-state index contributed by atoms with van der Waals surface area (Å²) in [7, 11) is 0. The Morgan fingerprint density at radius 3 is 2.70 bits per heavy atom. The molecule has 0 aromatic rings. The molecule has 0 N–H and O–H groups in total. The van der Waals surface area contributed by atoms with E-state index in [1.54, 1.807) is 18.2 Å². The van der Waals surface area contributed by atoms with Crippen molar-refractivity contribution in [3.63, 3.8) is 0 Å². The number of carbonyl (C=O) groups is 1. The summed E-state index contributed by atoms with van der Waals surface area (Å²) in [5.41, 5.74) is 0. The van der Waals surface area contributed by atoms with Crippen LogP contribution in [0.25, 0.3) is 0 Å². The van der Waals surface area contributed by atoms with E-state index in [-0.39, 0.29) is 11.7 Å². The number of rotatable bonds is 4. The Morgan fingerprint density at radius 1 is 1.70 bits per heavy atom. The lowest BCUT2D eigenvalue weighted by molar-refractivity contribution is -0.117. The fourth-order valence-electron chi connectivity index (χ4n) is 0.695. The van der Waals surface area contributed by atoms with Gasteiger partial charge in [-0.25, -0.2) is 0 Å². The second-order valence-electron chi connectivity index (χ2n) is 2.33. The van der Waals surface area contributed by atoms with Gasteiger partial charge in [0.05, 0.1) is 0 Å². The highest BCUT2D eigenvalue weighted by Gasteiger charge is 2.05. The normalized spacial score (nSPS) is 13.4. The van der Waals surface area contributed by atoms with E-state index in [4.69, 9.17) is 0 Å². The Kier molecular flexibility index (Phi) is 4.55. The first-order chi connectivity index (χ1) is 4.72. The number of carbonyl (C=O) groups excluding carboxylic acids is 1. The first-order valence-corrected chi connectivity index (χ1v) is 3.49. The van der Waals surface area contributed by atoms with Crippen molar-refractivity contribution in [2.24, 2.45) is 5.92 Å². The summed E-state index contributed by atoms with van der Waals surface area (Å²) in [5.74, 6) is 0.274. The second-order valence-corrected chi connectivity index (χ2v) is 2.33. The van der Waals surface area contributed by atoms with Crippen LogP contribution >= 0.6 is 0 Å². The SMILES string of the molecule is C=CCC(C)C(=O)/C=C\C. The first kappa shape index (κ1) is 9.15. The molecule has 0 aromatic heterocycles. The minimum absolute atomic E-state index is 0.0914. The van der Waals surface area contributed by atoms with E-state index in [9.17, 15) is 4.79 Å². The fraction of sp³-hybridized carbons (Fsp3) is 0.444. The van der Waals surface area contributed by atoms with Crippen molar-refractivity contribution in [2.45, 2.75) is 20.3 Å². The third kappa shape index (κ3) is 3.23. The number of hydrogen-bond acceptors (Lipinski definition) is 1. The van der Waals surface area contributed by atoms with Gasteiger partial charge in [0.25, 0.3) is 0 Å². The molecule has 0 aliphatic carbocycles. The molecule has 0 aromatic carbocycles. The maximum absolute atomic E-state index is 11.0. The van der Waals surface area contributed by atoms with Gasteiger partial charge in [-0.15, -0.1) is 6.58 Å². The van der Waals surface area contributed by atoms with Gasteiger partial charge >= 0.3 is 0 Å². The maximum Gasteiger partial charge on any atom is 0.158 e. The van der Waals surface area contributed by atoms with Crippen molar-refractivity contribution in [2.75, 3.05) is 0 Å². The molecule has 0 bridgehead atoms. The lowest BCUT2D eigenvalue weighted by atomic mass is 10.0. The van der Waals surface area contributed by atoms with Crippen molar-refractivity contribution in [3.05, 3.63) is 24.8 Å². The van der Waals surface area contributed by atoms with Gasteiger partial charge in [0.2, 0.25) is 0 Å². The zero-order valence-electron chi connectivity index (χ0n) is 6.63. The molecule has 1 nitrogen and oxygen atoms in total. The van der Waals surface area contributed by atoms with Crippen LogP contribution in [0, 0.1) is 5.92 Å². The smallest absolute Gasteiger partial charge is 0.158 e. The molecule has 0 saturated heterocycles. The Hall–Kier alpha value is -0.850. The van der Waals surface area contributed by atoms with Crippen LogP contribution in [0.1, 0.15) is 20.3 Å². The molecule has 0 spiro atoms. The number of ketones is 1. The Bertz CT molecular complexity index is 145. The lowest BCUT2D eigenvalue weighted by Crippen LogP contribution is -2.05. The third-order valence-corrected chi connectivity index (χ3v) is 1.34. The first-order valence-electron chi connectivity index (χ1n) is 3.49. The quantitative estimate of drug-likeness (QED) is 0.430. The average molecular weight is 138 g/mol. The van der Waals surface area contributed by atoms with Gasteiger partial charge in [-0.2, -0.15) is 0 Å². The zero-order valence-corrected chi connectivity index (χ0v) is 6.63. The van der Waals surface area contributed by atoms with Crippen molar-refractivity contribution in [1.82, 2.24) is 0 Å². The van der Waals surface area contributed by atoms with E-state index in [0.717, 1.165) is 6.42 Å². The number of allylic oxidation sites excluding steroid dienone is 3. The predicted octanol–water partition coefficient (Wildman–Crippen LogP) is 2.34. The standard InChI is InChI=1S/C9H14O/c1-4-6-8(3)9(10)7-5-2/h4-5,7-8H,1,6H2,2-3H3/b7-5-. The molecule has 1 unspecified atom stereocenters. The van der Waals surface area contributed by atoms with Gasteiger partial charge in [-0.1, -0.05) is 19.1 Å². The summed E-state index contributed by atoms with van der Waals surface area (Å²) < 4.78 is 0. The van der Waals surface area contributed by atoms with Crippen LogP contribution in [0.15, 0.2) is 24.8 Å². The molecular weight excluding hydrogens is 124 g/mol. The molecule has 0 aliphatic rings. The third-order valence-electron chi connectivity index (χ3n) is 1.34. The van der Waals surface area contributed by atoms with E-state index >= 15 is 0 Å². The minimum atomic E-state index is 0.0914. The molecule has 0 saturated carbocycles. The minimum Gasteiger partial charge on any atom is -0.295 e. The highest BCUT2D eigenvalue weighted by molar-refractivity contribution is 5.91. The van der Waals surface area contributed by atoms with Crippen molar-refractivity contribution in [1.29, 1.82) is 0 Å². The van der Waals surface area contributed by atoms with E-state index < -0.39 is 0 Å². The Labute approximate surface area is 62.4 Å². The Morgan fingerprint density at radius 2 is 2.30 bits per heavy atom. The van der Waals surface area contributed by atoms with Crippen LogP contribution in [0.5, 0.6) is 0 Å². The summed E-state index contributed by atoms with van der Waals surface area (Å²) in [4.78, 5) is 11.0. The van der Waals surface area contributed by atoms with Crippen molar-refractivity contribution < 1.29 is 4.79 Å². The van der Waals surface area contributed by atoms with Crippen LogP contribution in [-0.4, -0.2) is 5.78 Å². The Balaban J connectivity index is 3.81.